The third-order valence-corrected chi connectivity index (χ3v) is 3.91. The highest BCUT2D eigenvalue weighted by Crippen LogP contribution is 2.33. The molecule has 7 heteroatoms. The van der Waals surface area contributed by atoms with Crippen LogP contribution in [0.5, 0.6) is 0 Å². The Kier molecular flexibility index (Phi) is 11.9. The van der Waals surface area contributed by atoms with Gasteiger partial charge in [0.05, 0.1) is 0 Å². The average Bonchev–Trinajstić information content (AvgIpc) is 2.85. The highest BCUT2D eigenvalue weighted by molar-refractivity contribution is 7.80. The van der Waals surface area contributed by atoms with Crippen molar-refractivity contribution in [2.75, 3.05) is 18.8 Å². The van der Waals surface area contributed by atoms with Gasteiger partial charge >= 0.3 is 10.4 Å². The van der Waals surface area contributed by atoms with Crippen molar-refractivity contribution < 1.29 is 17.5 Å². The lowest BCUT2D eigenvalue weighted by atomic mass is 9.86. The molecule has 1 saturated carbocycles. The van der Waals surface area contributed by atoms with Gasteiger partial charge in [0.15, 0.2) is 0 Å². The van der Waals surface area contributed by atoms with Crippen LogP contribution in [0.4, 0.5) is 0 Å². The van der Waals surface area contributed by atoms with Crippen LogP contribution in [0.15, 0.2) is 0 Å². The molecule has 0 spiro atoms. The first kappa shape index (κ1) is 20.2. The predicted molar refractivity (Wildman–Crippen MR) is 85.9 cm³/mol. The Bertz CT molecular complexity index is 308. The smallest absolute Gasteiger partial charge is 0.316 e. The molecule has 0 aromatic heterocycles. The molecule has 3 N–H and O–H groups in total. The van der Waals surface area contributed by atoms with E-state index >= 15 is 0 Å². The Labute approximate surface area is 128 Å². The molecule has 0 radical (unpaired) electrons. The molecule has 1 unspecified atom stereocenters. The molecule has 0 aliphatic heterocycles. The molecular weight excluding hydrogens is 298 g/mol. The molecule has 0 saturated heterocycles. The lowest BCUT2D eigenvalue weighted by molar-refractivity contribution is 0.300. The van der Waals surface area contributed by atoms with Crippen molar-refractivity contribution in [2.45, 2.75) is 51.9 Å². The second-order valence-electron chi connectivity index (χ2n) is 5.32. The Balaban J connectivity index is 0.000000621. The minimum absolute atomic E-state index is 0.937. The summed E-state index contributed by atoms with van der Waals surface area (Å²) in [5.41, 5.74) is 0. The van der Waals surface area contributed by atoms with Gasteiger partial charge in [-0.1, -0.05) is 45.4 Å². The number of nitrogens with one attached hydrogen (secondary N) is 1. The molecule has 1 aliphatic carbocycles. The summed E-state index contributed by atoms with van der Waals surface area (Å²) in [4.78, 5) is 0. The summed E-state index contributed by atoms with van der Waals surface area (Å²) >= 11 is 4.24. The van der Waals surface area contributed by atoms with Crippen LogP contribution in [0, 0.1) is 11.8 Å². The van der Waals surface area contributed by atoms with Crippen molar-refractivity contribution in [1.29, 1.82) is 0 Å². The first-order valence-corrected chi connectivity index (χ1v) is 9.42. The van der Waals surface area contributed by atoms with E-state index in [9.17, 15) is 0 Å². The van der Waals surface area contributed by atoms with Crippen molar-refractivity contribution in [1.82, 2.24) is 5.32 Å². The van der Waals surface area contributed by atoms with Crippen LogP contribution in [0.1, 0.15) is 51.9 Å². The first-order chi connectivity index (χ1) is 9.38. The molecule has 0 amide bonds. The molecule has 1 atom stereocenters. The van der Waals surface area contributed by atoms with E-state index in [0.29, 0.717) is 0 Å². The van der Waals surface area contributed by atoms with Crippen molar-refractivity contribution in [3.05, 3.63) is 0 Å². The Hall–Kier alpha value is 0.180. The van der Waals surface area contributed by atoms with Gasteiger partial charge < -0.3 is 5.32 Å². The van der Waals surface area contributed by atoms with Crippen LogP contribution in [0.25, 0.3) is 0 Å². The van der Waals surface area contributed by atoms with Crippen LogP contribution in [0.3, 0.4) is 0 Å². The van der Waals surface area contributed by atoms with E-state index in [1.54, 1.807) is 0 Å². The fourth-order valence-electron chi connectivity index (χ4n) is 2.77. The second-order valence-corrected chi connectivity index (χ2v) is 6.67. The van der Waals surface area contributed by atoms with E-state index < -0.39 is 10.4 Å². The van der Waals surface area contributed by atoms with Gasteiger partial charge in [0, 0.05) is 12.3 Å². The van der Waals surface area contributed by atoms with E-state index in [0.717, 1.165) is 24.1 Å². The highest BCUT2D eigenvalue weighted by atomic mass is 32.3. The van der Waals surface area contributed by atoms with Crippen LogP contribution >= 0.6 is 12.6 Å². The zero-order valence-electron chi connectivity index (χ0n) is 12.3. The highest BCUT2D eigenvalue weighted by Gasteiger charge is 2.23. The van der Waals surface area contributed by atoms with Gasteiger partial charge in [-0.25, -0.2) is 0 Å². The SMILES string of the molecule is CCCCC(CNCCS)C1CCCC1.O=S(=O)(O)O. The molecule has 1 aliphatic rings. The molecule has 20 heavy (non-hydrogen) atoms. The quantitative estimate of drug-likeness (QED) is 0.313. The summed E-state index contributed by atoms with van der Waals surface area (Å²) in [6.45, 7) is 4.59. The van der Waals surface area contributed by atoms with E-state index in [-0.39, 0.29) is 0 Å². The molecule has 0 bridgehead atoms. The normalized spacial score (nSPS) is 17.6. The average molecular weight is 328 g/mol. The third kappa shape index (κ3) is 13.2. The van der Waals surface area contributed by atoms with Crippen LogP contribution < -0.4 is 5.32 Å². The maximum absolute atomic E-state index is 8.74. The molecule has 0 aromatic carbocycles. The maximum Gasteiger partial charge on any atom is 0.394 e. The summed E-state index contributed by atoms with van der Waals surface area (Å²) in [5, 5.41) is 3.54. The maximum atomic E-state index is 8.74. The summed E-state index contributed by atoms with van der Waals surface area (Å²) in [5.74, 6) is 2.92. The number of unbranched alkanes of at least 4 members (excludes halogenated alkanes) is 1. The van der Waals surface area contributed by atoms with Gasteiger partial charge in [0.25, 0.3) is 0 Å². The molecule has 122 valence electrons. The van der Waals surface area contributed by atoms with Crippen molar-refractivity contribution >= 4 is 23.0 Å². The van der Waals surface area contributed by atoms with E-state index in [4.69, 9.17) is 17.5 Å². The van der Waals surface area contributed by atoms with Gasteiger partial charge in [-0.3, -0.25) is 9.11 Å². The van der Waals surface area contributed by atoms with Gasteiger partial charge in [-0.15, -0.1) is 0 Å². The van der Waals surface area contributed by atoms with Crippen LogP contribution in [-0.2, 0) is 10.4 Å². The minimum Gasteiger partial charge on any atom is -0.316 e. The monoisotopic (exact) mass is 327 g/mol. The van der Waals surface area contributed by atoms with Gasteiger partial charge in [-0.05, 0) is 24.8 Å². The number of hydrogen-bond acceptors (Lipinski definition) is 4. The summed E-state index contributed by atoms with van der Waals surface area (Å²) in [6.07, 6.45) is 10.1. The third-order valence-electron chi connectivity index (χ3n) is 3.69. The number of thiol groups is 1. The van der Waals surface area contributed by atoms with E-state index in [2.05, 4.69) is 24.9 Å². The molecule has 5 nitrogen and oxygen atoms in total. The van der Waals surface area contributed by atoms with Gasteiger partial charge in [-0.2, -0.15) is 21.0 Å². The minimum atomic E-state index is -4.67. The fourth-order valence-corrected chi connectivity index (χ4v) is 2.92. The van der Waals surface area contributed by atoms with Crippen molar-refractivity contribution in [3.63, 3.8) is 0 Å². The molecule has 1 fully saturated rings. The van der Waals surface area contributed by atoms with Gasteiger partial charge in [0.2, 0.25) is 0 Å². The molecule has 0 heterocycles. The fraction of sp³-hybridized carbons (Fsp3) is 1.00. The zero-order valence-corrected chi connectivity index (χ0v) is 14.0. The lowest BCUT2D eigenvalue weighted by Crippen LogP contribution is -2.28. The second kappa shape index (κ2) is 11.8. The van der Waals surface area contributed by atoms with Crippen LogP contribution in [0.2, 0.25) is 0 Å². The summed E-state index contributed by atoms with van der Waals surface area (Å²) in [6, 6.07) is 0. The standard InChI is InChI=1S/C13H27NS.H2O4S/c1-2-3-6-13(11-14-9-10-15)12-7-4-5-8-12;1-5(2,3)4/h12-15H,2-11H2,1H3;(H2,1,2,3,4). The topological polar surface area (TPSA) is 86.6 Å². The van der Waals surface area contributed by atoms with Crippen molar-refractivity contribution in [2.24, 2.45) is 11.8 Å². The largest absolute Gasteiger partial charge is 0.394 e. The summed E-state index contributed by atoms with van der Waals surface area (Å²) < 4.78 is 31.6. The molecule has 0 aromatic rings. The first-order valence-electron chi connectivity index (χ1n) is 7.40. The van der Waals surface area contributed by atoms with E-state index in [1.807, 2.05) is 0 Å². The Morgan fingerprint density at radius 2 is 1.85 bits per heavy atom. The predicted octanol–water partition coefficient (Wildman–Crippen LogP) is 2.85. The lowest BCUT2D eigenvalue weighted by Gasteiger charge is -2.23. The van der Waals surface area contributed by atoms with Crippen molar-refractivity contribution in [3.8, 4) is 0 Å². The van der Waals surface area contributed by atoms with E-state index in [1.165, 1.54) is 51.5 Å². The summed E-state index contributed by atoms with van der Waals surface area (Å²) in [7, 11) is -4.67. The van der Waals surface area contributed by atoms with Crippen LogP contribution in [-0.4, -0.2) is 36.4 Å². The van der Waals surface area contributed by atoms with Gasteiger partial charge in [0.1, 0.15) is 0 Å². The Morgan fingerprint density at radius 3 is 2.30 bits per heavy atom. The zero-order chi connectivity index (χ0) is 15.4. The molecular formula is C13H29NO4S2. The Morgan fingerprint density at radius 1 is 1.30 bits per heavy atom. The molecule has 1 rings (SSSR count). The number of rotatable bonds is 8. The number of hydrogen-bond donors (Lipinski definition) is 4.